The second-order valence-corrected chi connectivity index (χ2v) is 10.1. The topological polar surface area (TPSA) is 181 Å². The van der Waals surface area contributed by atoms with Gasteiger partial charge in [0.15, 0.2) is 23.6 Å². The minimum atomic E-state index is -1.66. The minimum Gasteiger partial charge on any atom is -0.502 e. The van der Waals surface area contributed by atoms with Crippen LogP contribution in [0.5, 0.6) is 17.2 Å². The van der Waals surface area contributed by atoms with Gasteiger partial charge in [-0.2, -0.15) is 0 Å². The van der Waals surface area contributed by atoms with Crippen LogP contribution in [0, 0.1) is 11.3 Å². The highest BCUT2D eigenvalue weighted by molar-refractivity contribution is 5.92. The van der Waals surface area contributed by atoms with E-state index in [2.05, 4.69) is 0 Å². The molecule has 0 bridgehead atoms. The molecule has 39 heavy (non-hydrogen) atoms. The molecule has 1 aromatic carbocycles. The number of ether oxygens (including phenoxy) is 5. The van der Waals surface area contributed by atoms with Gasteiger partial charge in [-0.3, -0.25) is 4.79 Å². The Bertz CT molecular complexity index is 1070. The molecule has 216 valence electrons. The highest BCUT2D eigenvalue weighted by atomic mass is 16.7. The number of hydrogen-bond donors (Lipinski definition) is 5. The van der Waals surface area contributed by atoms with Crippen molar-refractivity contribution in [2.75, 3.05) is 34.0 Å². The second kappa shape index (κ2) is 12.9. The Hall–Kier alpha value is -3.00. The van der Waals surface area contributed by atoms with Crippen LogP contribution < -0.4 is 9.47 Å². The number of ketones is 1. The van der Waals surface area contributed by atoms with Crippen LogP contribution in [0.2, 0.25) is 0 Å². The number of phenolic OH excluding ortho intramolecular Hbond substituents is 1. The van der Waals surface area contributed by atoms with E-state index in [1.54, 1.807) is 0 Å². The molecule has 1 fully saturated rings. The predicted octanol–water partition coefficient (Wildman–Crippen LogP) is 0.324. The lowest BCUT2D eigenvalue weighted by atomic mass is 9.68. The molecule has 1 saturated heterocycles. The molecule has 6 unspecified atom stereocenters. The van der Waals surface area contributed by atoms with E-state index in [9.17, 15) is 35.1 Å². The number of aromatic hydroxyl groups is 1. The van der Waals surface area contributed by atoms with Gasteiger partial charge in [0.05, 0.1) is 27.4 Å². The summed E-state index contributed by atoms with van der Waals surface area (Å²) < 4.78 is 26.5. The molecule has 1 aliphatic heterocycles. The molecular formula is C27H36O12. The Balaban J connectivity index is 1.62. The highest BCUT2D eigenvalue weighted by Gasteiger charge is 2.45. The van der Waals surface area contributed by atoms with Crippen LogP contribution in [0.25, 0.3) is 6.08 Å². The molecule has 1 heterocycles. The van der Waals surface area contributed by atoms with Crippen LogP contribution >= 0.6 is 0 Å². The zero-order valence-corrected chi connectivity index (χ0v) is 22.3. The average Bonchev–Trinajstić information content (AvgIpc) is 2.89. The number of benzene rings is 1. The van der Waals surface area contributed by atoms with Crippen molar-refractivity contribution in [1.82, 2.24) is 0 Å². The largest absolute Gasteiger partial charge is 0.502 e. The number of carbonyl (C=O) groups excluding carboxylic acids is 2. The first-order valence-electron chi connectivity index (χ1n) is 12.4. The third kappa shape index (κ3) is 7.15. The fourth-order valence-electron chi connectivity index (χ4n) is 4.70. The van der Waals surface area contributed by atoms with E-state index in [0.717, 1.165) is 6.08 Å². The summed E-state index contributed by atoms with van der Waals surface area (Å²) in [6.45, 7) is 2.88. The summed E-state index contributed by atoms with van der Waals surface area (Å²) in [6, 6.07) is 2.96. The molecular weight excluding hydrogens is 516 g/mol. The third-order valence-electron chi connectivity index (χ3n) is 6.94. The van der Waals surface area contributed by atoms with Crippen molar-refractivity contribution in [1.29, 1.82) is 0 Å². The monoisotopic (exact) mass is 552 g/mol. The number of aliphatic hydroxyl groups excluding tert-OH is 4. The van der Waals surface area contributed by atoms with Crippen molar-refractivity contribution in [3.63, 3.8) is 0 Å². The summed E-state index contributed by atoms with van der Waals surface area (Å²) in [4.78, 5) is 24.4. The Morgan fingerprint density at radius 1 is 1.10 bits per heavy atom. The van der Waals surface area contributed by atoms with Crippen molar-refractivity contribution in [3.05, 3.63) is 35.4 Å². The average molecular weight is 553 g/mol. The van der Waals surface area contributed by atoms with Gasteiger partial charge in [0.25, 0.3) is 0 Å². The van der Waals surface area contributed by atoms with Gasteiger partial charge in [-0.15, -0.1) is 0 Å². The lowest BCUT2D eigenvalue weighted by Crippen LogP contribution is -2.59. The van der Waals surface area contributed by atoms with Crippen molar-refractivity contribution in [3.8, 4) is 17.2 Å². The van der Waals surface area contributed by atoms with Crippen molar-refractivity contribution in [2.45, 2.75) is 51.0 Å². The van der Waals surface area contributed by atoms with Crippen LogP contribution in [-0.2, 0) is 23.8 Å². The maximum atomic E-state index is 12.3. The van der Waals surface area contributed by atoms with Crippen molar-refractivity contribution in [2.24, 2.45) is 11.3 Å². The van der Waals surface area contributed by atoms with Gasteiger partial charge in [0.1, 0.15) is 31.0 Å². The van der Waals surface area contributed by atoms with Gasteiger partial charge >= 0.3 is 5.97 Å². The molecule has 3 rings (SSSR count). The summed E-state index contributed by atoms with van der Waals surface area (Å²) >= 11 is 0. The zero-order chi connectivity index (χ0) is 28.9. The van der Waals surface area contributed by atoms with Crippen LogP contribution in [0.15, 0.2) is 29.9 Å². The number of carbonyl (C=O) groups is 2. The Labute approximate surface area is 226 Å². The maximum Gasteiger partial charge on any atom is 0.330 e. The van der Waals surface area contributed by atoms with E-state index in [1.807, 2.05) is 13.8 Å². The molecule has 2 aliphatic rings. The van der Waals surface area contributed by atoms with Crippen LogP contribution in [0.3, 0.4) is 0 Å². The number of allylic oxidation sites excluding steroid dienone is 1. The predicted molar refractivity (Wildman–Crippen MR) is 136 cm³/mol. The SMILES string of the molecule is COc1cc(C=CC(=O)OCC2OC(OCC3=CC(=O)CC(C)(C)C3CO)C(O)C(O)C2O)cc(OC)c1O. The third-order valence-corrected chi connectivity index (χ3v) is 6.94. The van der Waals surface area contributed by atoms with E-state index in [-0.39, 0.29) is 48.6 Å². The first-order chi connectivity index (χ1) is 18.4. The fraction of sp³-hybridized carbons (Fsp3) is 0.556. The molecule has 1 aliphatic carbocycles. The van der Waals surface area contributed by atoms with Gasteiger partial charge in [0, 0.05) is 18.4 Å². The standard InChI is InChI=1S/C27H36O12/c1-27(2)10-16(29)9-15(17(27)11-28)12-38-26-25(34)24(33)23(32)20(39-26)13-37-21(30)6-5-14-7-18(35-3)22(31)19(8-14)36-4/h5-9,17,20,23-26,28,31-34H,10-13H2,1-4H3. The Morgan fingerprint density at radius 3 is 2.33 bits per heavy atom. The lowest BCUT2D eigenvalue weighted by Gasteiger charge is -2.41. The van der Waals surface area contributed by atoms with Gasteiger partial charge in [0.2, 0.25) is 5.75 Å². The number of methoxy groups -OCH3 is 2. The summed E-state index contributed by atoms with van der Waals surface area (Å²) in [5, 5.41) is 50.9. The van der Waals surface area contributed by atoms with Crippen LogP contribution in [-0.4, -0.2) is 102 Å². The molecule has 6 atom stereocenters. The fourth-order valence-corrected chi connectivity index (χ4v) is 4.70. The number of aliphatic hydroxyl groups is 4. The van der Waals surface area contributed by atoms with E-state index in [1.165, 1.54) is 38.5 Å². The summed E-state index contributed by atoms with van der Waals surface area (Å²) in [6.07, 6.45) is -3.33. The minimum absolute atomic E-state index is 0.120. The molecule has 12 nitrogen and oxygen atoms in total. The Morgan fingerprint density at radius 2 is 1.74 bits per heavy atom. The Kier molecular flexibility index (Phi) is 10.1. The quantitative estimate of drug-likeness (QED) is 0.198. The smallest absolute Gasteiger partial charge is 0.330 e. The van der Waals surface area contributed by atoms with E-state index < -0.39 is 48.7 Å². The molecule has 12 heteroatoms. The molecule has 0 spiro atoms. The molecule has 5 N–H and O–H groups in total. The molecule has 0 saturated carbocycles. The summed E-state index contributed by atoms with van der Waals surface area (Å²) in [5.74, 6) is -1.19. The molecule has 1 aromatic rings. The summed E-state index contributed by atoms with van der Waals surface area (Å²) in [5.41, 5.74) is 0.492. The number of esters is 1. The zero-order valence-electron chi connectivity index (χ0n) is 22.3. The first kappa shape index (κ1) is 30.5. The van der Waals surface area contributed by atoms with E-state index >= 15 is 0 Å². The molecule has 0 amide bonds. The van der Waals surface area contributed by atoms with Gasteiger partial charge < -0.3 is 49.2 Å². The second-order valence-electron chi connectivity index (χ2n) is 10.1. The molecule has 0 radical (unpaired) electrons. The van der Waals surface area contributed by atoms with Crippen LogP contribution in [0.4, 0.5) is 0 Å². The number of hydrogen-bond acceptors (Lipinski definition) is 12. The van der Waals surface area contributed by atoms with Gasteiger partial charge in [-0.1, -0.05) is 13.8 Å². The van der Waals surface area contributed by atoms with Gasteiger partial charge in [-0.05, 0) is 40.8 Å². The van der Waals surface area contributed by atoms with E-state index in [4.69, 9.17) is 23.7 Å². The van der Waals surface area contributed by atoms with Crippen molar-refractivity contribution < 1.29 is 58.8 Å². The lowest BCUT2D eigenvalue weighted by molar-refractivity contribution is -0.299. The molecule has 0 aromatic heterocycles. The normalized spacial score (nSPS) is 28.7. The highest BCUT2D eigenvalue weighted by Crippen LogP contribution is 2.40. The number of rotatable bonds is 10. The maximum absolute atomic E-state index is 12.3. The number of phenols is 1. The van der Waals surface area contributed by atoms with Crippen LogP contribution in [0.1, 0.15) is 25.8 Å². The summed E-state index contributed by atoms with van der Waals surface area (Å²) in [7, 11) is 2.73. The van der Waals surface area contributed by atoms with Gasteiger partial charge in [-0.25, -0.2) is 4.79 Å². The van der Waals surface area contributed by atoms with Crippen molar-refractivity contribution >= 4 is 17.8 Å². The first-order valence-corrected chi connectivity index (χ1v) is 12.4. The van der Waals surface area contributed by atoms with E-state index in [0.29, 0.717) is 11.1 Å².